The Labute approximate surface area is 81.2 Å². The van der Waals surface area contributed by atoms with E-state index in [-0.39, 0.29) is 11.6 Å². The molecule has 0 saturated carbocycles. The summed E-state index contributed by atoms with van der Waals surface area (Å²) in [5.74, 6) is 5.19. The maximum atomic E-state index is 11.3. The van der Waals surface area contributed by atoms with Gasteiger partial charge < -0.3 is 5.43 Å². The zero-order valence-corrected chi connectivity index (χ0v) is 7.98. The first-order chi connectivity index (χ1) is 6.63. The number of amides is 1. The Morgan fingerprint density at radius 1 is 1.43 bits per heavy atom. The van der Waals surface area contributed by atoms with E-state index in [2.05, 4.69) is 21.0 Å². The maximum Gasteiger partial charge on any atom is 0.286 e. The van der Waals surface area contributed by atoms with Crippen LogP contribution in [0.5, 0.6) is 0 Å². The SMILES string of the molecule is CN(C)NC(=O)c1ccc(NN)nn1. The zero-order valence-electron chi connectivity index (χ0n) is 7.98. The molecule has 0 fully saturated rings. The van der Waals surface area contributed by atoms with Crippen molar-refractivity contribution in [2.45, 2.75) is 0 Å². The minimum absolute atomic E-state index is 0.234. The summed E-state index contributed by atoms with van der Waals surface area (Å²) in [4.78, 5) is 11.3. The lowest BCUT2D eigenvalue weighted by atomic mass is 10.4. The molecule has 0 radical (unpaired) electrons. The molecular formula is C7H12N6O. The number of anilines is 1. The van der Waals surface area contributed by atoms with Gasteiger partial charge in [-0.2, -0.15) is 0 Å². The average molecular weight is 196 g/mol. The van der Waals surface area contributed by atoms with Crippen molar-refractivity contribution in [3.05, 3.63) is 17.8 Å². The zero-order chi connectivity index (χ0) is 10.6. The van der Waals surface area contributed by atoms with Crippen molar-refractivity contribution in [3.63, 3.8) is 0 Å². The molecule has 1 aromatic rings. The number of aromatic nitrogens is 2. The molecule has 0 aliphatic heterocycles. The molecule has 4 N–H and O–H groups in total. The highest BCUT2D eigenvalue weighted by Crippen LogP contribution is 1.99. The van der Waals surface area contributed by atoms with E-state index in [0.29, 0.717) is 5.82 Å². The molecule has 14 heavy (non-hydrogen) atoms. The Hall–Kier alpha value is -1.73. The van der Waals surface area contributed by atoms with E-state index in [1.165, 1.54) is 11.1 Å². The van der Waals surface area contributed by atoms with Crippen LogP contribution in [0.2, 0.25) is 0 Å². The van der Waals surface area contributed by atoms with Crippen LogP contribution in [0.15, 0.2) is 12.1 Å². The number of carbonyl (C=O) groups is 1. The minimum Gasteiger partial charge on any atom is -0.307 e. The number of nitrogens with one attached hydrogen (secondary N) is 2. The number of hydrogen-bond donors (Lipinski definition) is 3. The van der Waals surface area contributed by atoms with E-state index in [4.69, 9.17) is 5.84 Å². The summed E-state index contributed by atoms with van der Waals surface area (Å²) >= 11 is 0. The lowest BCUT2D eigenvalue weighted by Crippen LogP contribution is -2.36. The third-order valence-corrected chi connectivity index (χ3v) is 1.37. The third kappa shape index (κ3) is 2.64. The molecule has 1 rings (SSSR count). The Morgan fingerprint density at radius 3 is 2.57 bits per heavy atom. The predicted octanol–water partition coefficient (Wildman–Crippen LogP) is -1.03. The summed E-state index contributed by atoms with van der Waals surface area (Å²) in [6.45, 7) is 0. The van der Waals surface area contributed by atoms with Gasteiger partial charge in [-0.1, -0.05) is 0 Å². The number of nitrogens with zero attached hydrogens (tertiary/aromatic N) is 3. The van der Waals surface area contributed by atoms with Gasteiger partial charge >= 0.3 is 0 Å². The van der Waals surface area contributed by atoms with Crippen molar-refractivity contribution in [3.8, 4) is 0 Å². The largest absolute Gasteiger partial charge is 0.307 e. The second-order valence-corrected chi connectivity index (χ2v) is 2.78. The van der Waals surface area contributed by atoms with Gasteiger partial charge in [-0.15, -0.1) is 10.2 Å². The van der Waals surface area contributed by atoms with Crippen molar-refractivity contribution >= 4 is 11.7 Å². The molecule has 1 amide bonds. The highest BCUT2D eigenvalue weighted by atomic mass is 16.2. The van der Waals surface area contributed by atoms with Gasteiger partial charge in [0.2, 0.25) is 0 Å². The van der Waals surface area contributed by atoms with E-state index < -0.39 is 0 Å². The van der Waals surface area contributed by atoms with Crippen molar-refractivity contribution < 1.29 is 4.79 Å². The van der Waals surface area contributed by atoms with Crippen LogP contribution in [-0.2, 0) is 0 Å². The van der Waals surface area contributed by atoms with Crippen LogP contribution in [0, 0.1) is 0 Å². The molecule has 0 aromatic carbocycles. The van der Waals surface area contributed by atoms with Gasteiger partial charge in [-0.05, 0) is 12.1 Å². The lowest BCUT2D eigenvalue weighted by Gasteiger charge is -2.10. The Bertz CT molecular complexity index is 308. The summed E-state index contributed by atoms with van der Waals surface area (Å²) in [5, 5.41) is 8.86. The Morgan fingerprint density at radius 2 is 2.14 bits per heavy atom. The number of hydrazine groups is 2. The summed E-state index contributed by atoms with van der Waals surface area (Å²) in [7, 11) is 3.42. The van der Waals surface area contributed by atoms with Crippen LogP contribution >= 0.6 is 0 Å². The Kier molecular flexibility index (Phi) is 3.32. The number of rotatable bonds is 3. The smallest absolute Gasteiger partial charge is 0.286 e. The summed E-state index contributed by atoms with van der Waals surface area (Å²) in [6.07, 6.45) is 0. The average Bonchev–Trinajstić information content (AvgIpc) is 2.17. The van der Waals surface area contributed by atoms with Crippen LogP contribution in [0.1, 0.15) is 10.5 Å². The van der Waals surface area contributed by atoms with Crippen LogP contribution in [-0.4, -0.2) is 35.2 Å². The van der Waals surface area contributed by atoms with E-state index >= 15 is 0 Å². The normalized spacial score (nSPS) is 10.0. The van der Waals surface area contributed by atoms with E-state index in [1.807, 2.05) is 0 Å². The monoisotopic (exact) mass is 196 g/mol. The highest BCUT2D eigenvalue weighted by Gasteiger charge is 2.07. The number of nitrogens with two attached hydrogens (primary N) is 1. The molecule has 0 atom stereocenters. The van der Waals surface area contributed by atoms with Gasteiger partial charge in [0.25, 0.3) is 5.91 Å². The molecule has 0 aliphatic rings. The van der Waals surface area contributed by atoms with Gasteiger partial charge in [0.1, 0.15) is 0 Å². The van der Waals surface area contributed by atoms with Crippen molar-refractivity contribution in [1.82, 2.24) is 20.6 Å². The highest BCUT2D eigenvalue weighted by molar-refractivity contribution is 5.91. The molecule has 1 aromatic heterocycles. The first-order valence-corrected chi connectivity index (χ1v) is 3.92. The predicted molar refractivity (Wildman–Crippen MR) is 51.0 cm³/mol. The molecule has 0 bridgehead atoms. The topological polar surface area (TPSA) is 96.2 Å². The van der Waals surface area contributed by atoms with Gasteiger partial charge in [0, 0.05) is 14.1 Å². The molecule has 7 heteroatoms. The number of nitrogen functional groups attached to an aromatic ring is 1. The summed E-state index contributed by atoms with van der Waals surface area (Å²) < 4.78 is 0. The van der Waals surface area contributed by atoms with Crippen molar-refractivity contribution in [2.24, 2.45) is 5.84 Å². The van der Waals surface area contributed by atoms with Crippen LogP contribution in [0.4, 0.5) is 5.82 Å². The summed E-state index contributed by atoms with van der Waals surface area (Å²) in [6, 6.07) is 3.10. The van der Waals surface area contributed by atoms with Gasteiger partial charge in [-0.3, -0.25) is 10.2 Å². The first kappa shape index (κ1) is 10.4. The van der Waals surface area contributed by atoms with Gasteiger partial charge in [0.05, 0.1) is 0 Å². The second-order valence-electron chi connectivity index (χ2n) is 2.78. The molecule has 7 nitrogen and oxygen atoms in total. The summed E-state index contributed by atoms with van der Waals surface area (Å²) in [5.41, 5.74) is 5.09. The lowest BCUT2D eigenvalue weighted by molar-refractivity contribution is 0.0850. The van der Waals surface area contributed by atoms with E-state index in [0.717, 1.165) is 0 Å². The fourth-order valence-electron chi connectivity index (χ4n) is 0.791. The molecule has 0 spiro atoms. The molecule has 0 saturated heterocycles. The van der Waals surface area contributed by atoms with Crippen LogP contribution < -0.4 is 16.7 Å². The van der Waals surface area contributed by atoms with E-state index in [9.17, 15) is 4.79 Å². The van der Waals surface area contributed by atoms with Crippen LogP contribution in [0.25, 0.3) is 0 Å². The van der Waals surface area contributed by atoms with Crippen molar-refractivity contribution in [2.75, 3.05) is 19.5 Å². The fourth-order valence-corrected chi connectivity index (χ4v) is 0.791. The molecule has 0 aliphatic carbocycles. The number of carbonyl (C=O) groups excluding carboxylic acids is 1. The molecular weight excluding hydrogens is 184 g/mol. The van der Waals surface area contributed by atoms with Gasteiger partial charge in [-0.25, -0.2) is 10.9 Å². The van der Waals surface area contributed by atoms with Crippen LogP contribution in [0.3, 0.4) is 0 Å². The number of hydrogen-bond acceptors (Lipinski definition) is 6. The molecule has 76 valence electrons. The Balaban J connectivity index is 2.71. The maximum absolute atomic E-state index is 11.3. The standard InChI is InChI=1S/C7H12N6O/c1-13(2)12-7(14)5-3-4-6(9-8)11-10-5/h3-4H,8H2,1-2H3,(H,9,11)(H,12,14). The van der Waals surface area contributed by atoms with Gasteiger partial charge in [0.15, 0.2) is 11.5 Å². The minimum atomic E-state index is -0.314. The third-order valence-electron chi connectivity index (χ3n) is 1.37. The molecule has 1 heterocycles. The van der Waals surface area contributed by atoms with Crippen molar-refractivity contribution in [1.29, 1.82) is 0 Å². The van der Waals surface area contributed by atoms with E-state index in [1.54, 1.807) is 20.2 Å². The quantitative estimate of drug-likeness (QED) is 0.422. The molecule has 0 unspecified atom stereocenters. The fraction of sp³-hybridized carbons (Fsp3) is 0.286. The second kappa shape index (κ2) is 4.49. The first-order valence-electron chi connectivity index (χ1n) is 3.92.